The van der Waals surface area contributed by atoms with E-state index < -0.39 is 5.41 Å². The Labute approximate surface area is 146 Å². The second-order valence-corrected chi connectivity index (χ2v) is 6.48. The van der Waals surface area contributed by atoms with Crippen LogP contribution in [0.3, 0.4) is 0 Å². The molecular weight excluding hydrogens is 316 g/mol. The van der Waals surface area contributed by atoms with Crippen LogP contribution in [0.25, 0.3) is 0 Å². The summed E-state index contributed by atoms with van der Waals surface area (Å²) in [4.78, 5) is 8.82. The van der Waals surface area contributed by atoms with E-state index in [2.05, 4.69) is 16.2 Å². The third kappa shape index (κ3) is 2.91. The predicted molar refractivity (Wildman–Crippen MR) is 95.0 cm³/mol. The summed E-state index contributed by atoms with van der Waals surface area (Å²) >= 11 is 0. The normalized spacial score (nSPS) is 21.4. The molecule has 0 saturated heterocycles. The van der Waals surface area contributed by atoms with Gasteiger partial charge in [0, 0.05) is 23.4 Å². The Morgan fingerprint density at radius 3 is 2.76 bits per heavy atom. The quantitative estimate of drug-likeness (QED) is 0.577. The standard InChI is InChI=1S/C18H20N6O/c1-11-13(15(20)16(21)17(22-11)24-25)9-12-5-4-6-14(23-12)18(10-19)7-2-3-8-18/h4-6,21,25H,2-3,7-9,20H2,1H3/b21-16?,24-17+. The molecule has 2 aliphatic rings. The highest BCUT2D eigenvalue weighted by Crippen LogP contribution is 2.39. The van der Waals surface area contributed by atoms with Gasteiger partial charge in [0.1, 0.15) is 5.71 Å². The molecule has 25 heavy (non-hydrogen) atoms. The number of nitrogens with two attached hydrogens (primary N) is 1. The topological polar surface area (TPSA) is 132 Å². The Morgan fingerprint density at radius 2 is 2.12 bits per heavy atom. The Balaban J connectivity index is 1.94. The Morgan fingerprint density at radius 1 is 1.40 bits per heavy atom. The second kappa shape index (κ2) is 6.48. The highest BCUT2D eigenvalue weighted by Gasteiger charge is 2.37. The van der Waals surface area contributed by atoms with Crippen molar-refractivity contribution in [2.75, 3.05) is 0 Å². The number of oxime groups is 1. The summed E-state index contributed by atoms with van der Waals surface area (Å²) in [6.07, 6.45) is 4.18. The Bertz CT molecular complexity index is 853. The lowest BCUT2D eigenvalue weighted by molar-refractivity contribution is 0.319. The smallest absolute Gasteiger partial charge is 0.218 e. The number of hydrogen-bond donors (Lipinski definition) is 3. The van der Waals surface area contributed by atoms with Gasteiger partial charge in [-0.25, -0.2) is 4.99 Å². The molecule has 1 aromatic heterocycles. The lowest BCUT2D eigenvalue weighted by Gasteiger charge is -2.21. The number of dihydropyridines is 1. The molecule has 7 heteroatoms. The van der Waals surface area contributed by atoms with Gasteiger partial charge in [0.05, 0.1) is 22.9 Å². The number of hydrogen-bond acceptors (Lipinski definition) is 6. The first-order valence-electron chi connectivity index (χ1n) is 8.24. The Kier molecular flexibility index (Phi) is 4.36. The number of nitriles is 1. The maximum atomic E-state index is 9.65. The van der Waals surface area contributed by atoms with Gasteiger partial charge >= 0.3 is 0 Å². The number of aromatic nitrogens is 1. The van der Waals surface area contributed by atoms with E-state index in [1.165, 1.54) is 0 Å². The maximum Gasteiger partial charge on any atom is 0.218 e. The molecule has 1 aliphatic carbocycles. The van der Waals surface area contributed by atoms with E-state index in [0.29, 0.717) is 17.7 Å². The molecule has 0 atom stereocenters. The molecule has 7 nitrogen and oxygen atoms in total. The molecule has 1 aliphatic heterocycles. The fraction of sp³-hybridized carbons (Fsp3) is 0.389. The third-order valence-corrected chi connectivity index (χ3v) is 4.95. The summed E-state index contributed by atoms with van der Waals surface area (Å²) in [7, 11) is 0. The molecule has 0 amide bonds. The molecule has 1 fully saturated rings. The molecule has 0 aromatic carbocycles. The van der Waals surface area contributed by atoms with Crippen LogP contribution < -0.4 is 5.73 Å². The van der Waals surface area contributed by atoms with Gasteiger partial charge < -0.3 is 10.9 Å². The number of pyridine rings is 1. The zero-order valence-electron chi connectivity index (χ0n) is 14.1. The molecule has 2 heterocycles. The van der Waals surface area contributed by atoms with Gasteiger partial charge in [0.25, 0.3) is 0 Å². The zero-order valence-corrected chi connectivity index (χ0v) is 14.1. The van der Waals surface area contributed by atoms with Crippen molar-refractivity contribution in [1.82, 2.24) is 4.98 Å². The van der Waals surface area contributed by atoms with Crippen molar-refractivity contribution in [3.63, 3.8) is 0 Å². The summed E-state index contributed by atoms with van der Waals surface area (Å²) in [6.45, 7) is 1.76. The number of aliphatic imine (C=N–C) groups is 1. The molecular formula is C18H20N6O. The van der Waals surface area contributed by atoms with Gasteiger partial charge in [0.15, 0.2) is 0 Å². The molecule has 4 N–H and O–H groups in total. The van der Waals surface area contributed by atoms with Crippen molar-refractivity contribution in [3.8, 4) is 6.07 Å². The van der Waals surface area contributed by atoms with Crippen molar-refractivity contribution in [2.24, 2.45) is 15.9 Å². The fourth-order valence-electron chi connectivity index (χ4n) is 3.47. The summed E-state index contributed by atoms with van der Waals surface area (Å²) in [5.74, 6) is -0.0881. The van der Waals surface area contributed by atoms with E-state index >= 15 is 0 Å². The van der Waals surface area contributed by atoms with E-state index in [1.807, 2.05) is 18.2 Å². The number of allylic oxidation sites excluding steroid dienone is 1. The van der Waals surface area contributed by atoms with E-state index in [1.54, 1.807) is 6.92 Å². The van der Waals surface area contributed by atoms with E-state index in [9.17, 15) is 5.26 Å². The van der Waals surface area contributed by atoms with Crippen LogP contribution in [0.2, 0.25) is 0 Å². The van der Waals surface area contributed by atoms with Gasteiger partial charge in [-0.1, -0.05) is 24.1 Å². The van der Waals surface area contributed by atoms with Crippen LogP contribution in [0.4, 0.5) is 0 Å². The van der Waals surface area contributed by atoms with Gasteiger partial charge in [-0.3, -0.25) is 10.4 Å². The summed E-state index contributed by atoms with van der Waals surface area (Å²) in [6, 6.07) is 8.17. The molecule has 0 spiro atoms. The SMILES string of the molecule is CC1=N/C(=N/O)C(=N)C(N)=C1Cc1cccc(C2(C#N)CCCC2)n1. The largest absolute Gasteiger partial charge is 0.409 e. The van der Waals surface area contributed by atoms with Crippen LogP contribution in [-0.2, 0) is 11.8 Å². The van der Waals surface area contributed by atoms with Gasteiger partial charge in [-0.05, 0) is 31.9 Å². The lowest BCUT2D eigenvalue weighted by Crippen LogP contribution is -2.29. The molecule has 3 rings (SSSR count). The van der Waals surface area contributed by atoms with Crippen LogP contribution in [-0.4, -0.2) is 27.5 Å². The van der Waals surface area contributed by atoms with Crippen molar-refractivity contribution in [1.29, 1.82) is 10.7 Å². The maximum absolute atomic E-state index is 9.65. The summed E-state index contributed by atoms with van der Waals surface area (Å²) in [5.41, 5.74) is 8.58. The Hall–Kier alpha value is -3.01. The lowest BCUT2D eigenvalue weighted by atomic mass is 9.84. The first kappa shape index (κ1) is 16.8. The fourth-order valence-corrected chi connectivity index (χ4v) is 3.47. The first-order valence-corrected chi connectivity index (χ1v) is 8.24. The van der Waals surface area contributed by atoms with E-state index in [-0.39, 0.29) is 17.2 Å². The molecule has 1 aromatic rings. The minimum atomic E-state index is -0.491. The monoisotopic (exact) mass is 336 g/mol. The molecule has 0 bridgehead atoms. The van der Waals surface area contributed by atoms with Crippen LogP contribution in [0.1, 0.15) is 44.0 Å². The summed E-state index contributed by atoms with van der Waals surface area (Å²) in [5, 5.41) is 29.5. The minimum absolute atomic E-state index is 0.0881. The molecule has 128 valence electrons. The molecule has 1 saturated carbocycles. The summed E-state index contributed by atoms with van der Waals surface area (Å²) < 4.78 is 0. The third-order valence-electron chi connectivity index (χ3n) is 4.95. The van der Waals surface area contributed by atoms with Crippen molar-refractivity contribution in [2.45, 2.75) is 44.4 Å². The number of nitrogens with zero attached hydrogens (tertiary/aromatic N) is 4. The van der Waals surface area contributed by atoms with Gasteiger partial charge in [-0.2, -0.15) is 5.26 Å². The molecule has 0 radical (unpaired) electrons. The van der Waals surface area contributed by atoms with Crippen LogP contribution in [0.5, 0.6) is 0 Å². The number of nitrogens with one attached hydrogen (secondary N) is 1. The van der Waals surface area contributed by atoms with Crippen molar-refractivity contribution >= 4 is 17.3 Å². The predicted octanol–water partition coefficient (Wildman–Crippen LogP) is 2.45. The number of amidine groups is 1. The molecule has 0 unspecified atom stereocenters. The average molecular weight is 336 g/mol. The van der Waals surface area contributed by atoms with Crippen molar-refractivity contribution in [3.05, 3.63) is 40.9 Å². The highest BCUT2D eigenvalue weighted by atomic mass is 16.4. The van der Waals surface area contributed by atoms with Crippen LogP contribution >= 0.6 is 0 Å². The van der Waals surface area contributed by atoms with Gasteiger partial charge in [-0.15, -0.1) is 0 Å². The van der Waals surface area contributed by atoms with Gasteiger partial charge in [0.2, 0.25) is 5.84 Å². The highest BCUT2D eigenvalue weighted by molar-refractivity contribution is 6.50. The second-order valence-electron chi connectivity index (χ2n) is 6.48. The number of rotatable bonds is 3. The first-order chi connectivity index (χ1) is 12.0. The van der Waals surface area contributed by atoms with E-state index in [4.69, 9.17) is 21.3 Å². The van der Waals surface area contributed by atoms with Crippen LogP contribution in [0.15, 0.2) is 39.6 Å². The average Bonchev–Trinajstić information content (AvgIpc) is 3.12. The zero-order chi connectivity index (χ0) is 18.0. The van der Waals surface area contributed by atoms with Crippen molar-refractivity contribution < 1.29 is 5.21 Å². The van der Waals surface area contributed by atoms with Crippen LogP contribution in [0, 0.1) is 16.7 Å². The minimum Gasteiger partial charge on any atom is -0.409 e. The van der Waals surface area contributed by atoms with E-state index in [0.717, 1.165) is 37.1 Å².